The topological polar surface area (TPSA) is 123 Å². The van der Waals surface area contributed by atoms with E-state index < -0.39 is 28.8 Å². The second-order valence-electron chi connectivity index (χ2n) is 6.78. The average molecular weight is 422 g/mol. The van der Waals surface area contributed by atoms with Gasteiger partial charge in [-0.15, -0.1) is 0 Å². The Balaban J connectivity index is 1.73. The third-order valence-corrected chi connectivity index (χ3v) is 7.37. The van der Waals surface area contributed by atoms with E-state index in [1.54, 1.807) is 17.9 Å². The van der Waals surface area contributed by atoms with Crippen molar-refractivity contribution in [1.29, 1.82) is 0 Å². The lowest BCUT2D eigenvalue weighted by molar-refractivity contribution is -0.139. The summed E-state index contributed by atoms with van der Waals surface area (Å²) < 4.78 is 16.0. The van der Waals surface area contributed by atoms with Gasteiger partial charge in [-0.3, -0.25) is 14.5 Å². The highest BCUT2D eigenvalue weighted by molar-refractivity contribution is 7.92. The van der Waals surface area contributed by atoms with Crippen LogP contribution in [0.15, 0.2) is 12.4 Å². The van der Waals surface area contributed by atoms with Crippen molar-refractivity contribution < 1.29 is 19.2 Å². The van der Waals surface area contributed by atoms with Crippen LogP contribution >= 0.6 is 11.5 Å². The van der Waals surface area contributed by atoms with Crippen LogP contribution in [-0.4, -0.2) is 66.4 Å². The monoisotopic (exact) mass is 421 g/mol. The van der Waals surface area contributed by atoms with E-state index in [4.69, 9.17) is 0 Å². The van der Waals surface area contributed by atoms with Crippen molar-refractivity contribution in [3.8, 4) is 0 Å². The van der Waals surface area contributed by atoms with E-state index in [1.165, 1.54) is 6.33 Å². The first-order chi connectivity index (χ1) is 13.4. The highest BCUT2D eigenvalue weighted by Crippen LogP contribution is 2.38. The van der Waals surface area contributed by atoms with E-state index >= 15 is 0 Å². The molecule has 2 aliphatic heterocycles. The molecule has 148 valence electrons. The summed E-state index contributed by atoms with van der Waals surface area (Å²) >= 11 is 0.272. The van der Waals surface area contributed by atoms with Gasteiger partial charge in [0.05, 0.1) is 18.7 Å². The molecule has 2 unspecified atom stereocenters. The van der Waals surface area contributed by atoms with Gasteiger partial charge in [-0.25, -0.2) is 9.97 Å². The number of carboxylic acids is 1. The number of hydrogen-bond acceptors (Lipinski definition) is 9. The van der Waals surface area contributed by atoms with Crippen molar-refractivity contribution in [2.75, 3.05) is 35.2 Å². The van der Waals surface area contributed by atoms with Gasteiger partial charge < -0.3 is 14.6 Å². The molecule has 1 saturated heterocycles. The van der Waals surface area contributed by atoms with Gasteiger partial charge in [-0.2, -0.15) is 4.37 Å². The van der Waals surface area contributed by atoms with Gasteiger partial charge in [0.15, 0.2) is 5.78 Å². The van der Waals surface area contributed by atoms with Crippen molar-refractivity contribution in [3.63, 3.8) is 0 Å². The molecule has 1 fully saturated rings. The zero-order valence-electron chi connectivity index (χ0n) is 15.4. The molecule has 0 amide bonds. The van der Waals surface area contributed by atoms with E-state index in [9.17, 15) is 19.2 Å². The Labute approximate surface area is 168 Å². The van der Waals surface area contributed by atoms with Crippen LogP contribution in [-0.2, 0) is 16.0 Å². The molecule has 2 aromatic heterocycles. The minimum Gasteiger partial charge on any atom is -0.616 e. The summed E-state index contributed by atoms with van der Waals surface area (Å²) in [5, 5.41) is 10.1. The fourth-order valence-electron chi connectivity index (χ4n) is 3.50. The summed E-state index contributed by atoms with van der Waals surface area (Å²) in [6.07, 6.45) is 1.39. The first-order valence-corrected chi connectivity index (χ1v) is 11.0. The minimum absolute atomic E-state index is 0.0330. The van der Waals surface area contributed by atoms with Gasteiger partial charge >= 0.3 is 5.97 Å². The number of nitrogens with zero attached hydrogens (tertiary/aromatic N) is 5. The van der Waals surface area contributed by atoms with Gasteiger partial charge in [0.2, 0.25) is 5.13 Å². The summed E-state index contributed by atoms with van der Waals surface area (Å²) in [6.45, 7) is 4.96. The Morgan fingerprint density at radius 3 is 2.79 bits per heavy atom. The summed E-state index contributed by atoms with van der Waals surface area (Å²) in [5.41, 5.74) is 0.984. The van der Waals surface area contributed by atoms with Crippen LogP contribution < -0.4 is 9.80 Å². The predicted octanol–water partition coefficient (Wildman–Crippen LogP) is 1.23. The standard InChI is InChI=1S/C17H19N5O4S2/c1-3-28(26)10-5-21(6-10)12-4-9(2)13-14(23)11(16(24)25)7-22(15(13)20-12)17-18-8-19-27-17/h4,8,10-11H,3,5-7H2,1-2H3,(H,24,25). The van der Waals surface area contributed by atoms with E-state index in [2.05, 4.69) is 14.3 Å². The molecule has 28 heavy (non-hydrogen) atoms. The lowest BCUT2D eigenvalue weighted by Gasteiger charge is -2.41. The molecule has 4 heterocycles. The third kappa shape index (κ3) is 3.12. The number of carbonyl (C=O) groups is 2. The van der Waals surface area contributed by atoms with Crippen LogP contribution in [0.1, 0.15) is 22.8 Å². The highest BCUT2D eigenvalue weighted by Gasteiger charge is 2.42. The first kappa shape index (κ1) is 19.1. The van der Waals surface area contributed by atoms with Crippen molar-refractivity contribution in [1.82, 2.24) is 14.3 Å². The molecule has 11 heteroatoms. The maximum atomic E-state index is 12.8. The van der Waals surface area contributed by atoms with Crippen molar-refractivity contribution in [2.45, 2.75) is 19.1 Å². The number of fused-ring (bicyclic) bond motifs is 1. The lowest BCUT2D eigenvalue weighted by atomic mass is 9.90. The molecule has 2 atom stereocenters. The van der Waals surface area contributed by atoms with Crippen LogP contribution in [0, 0.1) is 12.8 Å². The van der Waals surface area contributed by atoms with Crippen LogP contribution in [0.4, 0.5) is 16.8 Å². The quantitative estimate of drug-likeness (QED) is 0.561. The number of carboxylic acid groups (broad SMARTS) is 1. The predicted molar refractivity (Wildman–Crippen MR) is 106 cm³/mol. The molecule has 0 radical (unpaired) electrons. The Bertz CT molecular complexity index is 917. The normalized spacial score (nSPS) is 20.7. The molecular weight excluding hydrogens is 402 g/mol. The molecule has 0 saturated carbocycles. The van der Waals surface area contributed by atoms with Crippen LogP contribution in [0.25, 0.3) is 0 Å². The number of carbonyl (C=O) groups excluding carboxylic acids is 1. The van der Waals surface area contributed by atoms with Crippen molar-refractivity contribution in [2.24, 2.45) is 5.92 Å². The molecule has 0 spiro atoms. The molecule has 2 aromatic rings. The number of aryl methyl sites for hydroxylation is 1. The number of aliphatic carboxylic acids is 1. The Hall–Kier alpha value is -2.24. The summed E-state index contributed by atoms with van der Waals surface area (Å²) in [7, 11) is 0. The largest absolute Gasteiger partial charge is 0.616 e. The molecule has 2 aliphatic rings. The summed E-state index contributed by atoms with van der Waals surface area (Å²) in [6, 6.07) is 1.80. The van der Waals surface area contributed by atoms with Gasteiger partial charge in [0.25, 0.3) is 0 Å². The Morgan fingerprint density at radius 1 is 1.43 bits per heavy atom. The number of rotatable bonds is 5. The highest BCUT2D eigenvalue weighted by atomic mass is 32.2. The minimum atomic E-state index is -1.18. The molecule has 0 aromatic carbocycles. The van der Waals surface area contributed by atoms with E-state index in [-0.39, 0.29) is 11.8 Å². The van der Waals surface area contributed by atoms with Gasteiger partial charge in [0.1, 0.15) is 34.9 Å². The molecule has 0 aliphatic carbocycles. The van der Waals surface area contributed by atoms with Crippen LogP contribution in [0.5, 0.6) is 0 Å². The molecular formula is C17H19N5O4S2. The van der Waals surface area contributed by atoms with E-state index in [0.29, 0.717) is 46.7 Å². The SMILES string of the molecule is CC[S+]([O-])C1CN(c2cc(C)c3c(n2)N(c2ncns2)CC(C(=O)O)C3=O)C1. The lowest BCUT2D eigenvalue weighted by Crippen LogP contribution is -2.55. The van der Waals surface area contributed by atoms with Gasteiger partial charge in [0, 0.05) is 18.1 Å². The van der Waals surface area contributed by atoms with E-state index in [0.717, 1.165) is 11.5 Å². The Morgan fingerprint density at radius 2 is 2.18 bits per heavy atom. The molecule has 1 N–H and O–H groups in total. The number of Topliss-reactive ketones (excluding diaryl/α,β-unsaturated/α-hetero) is 1. The maximum absolute atomic E-state index is 12.8. The molecule has 0 bridgehead atoms. The Kier molecular flexibility index (Phi) is 4.98. The van der Waals surface area contributed by atoms with Crippen molar-refractivity contribution in [3.05, 3.63) is 23.5 Å². The fraction of sp³-hybridized carbons (Fsp3) is 0.471. The number of anilines is 3. The fourth-order valence-corrected chi connectivity index (χ4v) is 5.21. The molecule has 9 nitrogen and oxygen atoms in total. The summed E-state index contributed by atoms with van der Waals surface area (Å²) in [4.78, 5) is 37.0. The van der Waals surface area contributed by atoms with Crippen LogP contribution in [0.3, 0.4) is 0 Å². The number of aromatic nitrogens is 3. The van der Waals surface area contributed by atoms with Crippen LogP contribution in [0.2, 0.25) is 0 Å². The first-order valence-electron chi connectivity index (χ1n) is 8.85. The number of pyridine rings is 1. The van der Waals surface area contributed by atoms with Crippen molar-refractivity contribution >= 4 is 51.2 Å². The number of hydrogen-bond donors (Lipinski definition) is 1. The smallest absolute Gasteiger partial charge is 0.316 e. The van der Waals surface area contributed by atoms with Gasteiger partial charge in [-0.1, -0.05) is 0 Å². The number of ketones is 1. The average Bonchev–Trinajstić information content (AvgIpc) is 3.14. The summed E-state index contributed by atoms with van der Waals surface area (Å²) in [5.74, 6) is -1.05. The second-order valence-corrected chi connectivity index (χ2v) is 9.55. The maximum Gasteiger partial charge on any atom is 0.316 e. The molecule has 4 rings (SSSR count). The van der Waals surface area contributed by atoms with E-state index in [1.807, 2.05) is 11.8 Å². The van der Waals surface area contributed by atoms with Gasteiger partial charge in [-0.05, 0) is 36.7 Å². The zero-order valence-corrected chi connectivity index (χ0v) is 17.0. The third-order valence-electron chi connectivity index (χ3n) is 5.07. The second kappa shape index (κ2) is 7.30. The zero-order chi connectivity index (χ0) is 20.0.